The summed E-state index contributed by atoms with van der Waals surface area (Å²) in [6.07, 6.45) is 3.83. The summed E-state index contributed by atoms with van der Waals surface area (Å²) in [5.74, 6) is 0.952. The molecule has 0 spiro atoms. The highest BCUT2D eigenvalue weighted by molar-refractivity contribution is 6.36. The van der Waals surface area contributed by atoms with E-state index in [-0.39, 0.29) is 6.10 Å². The first-order valence-corrected chi connectivity index (χ1v) is 10.5. The van der Waals surface area contributed by atoms with Gasteiger partial charge in [0, 0.05) is 16.5 Å². The summed E-state index contributed by atoms with van der Waals surface area (Å²) in [5.41, 5.74) is 11.9. The van der Waals surface area contributed by atoms with Crippen molar-refractivity contribution in [3.05, 3.63) is 75.0 Å². The number of aliphatic hydroxyl groups excluding tert-OH is 1. The van der Waals surface area contributed by atoms with Gasteiger partial charge >= 0.3 is 0 Å². The summed E-state index contributed by atoms with van der Waals surface area (Å²) in [6, 6.07) is 13.6. The Bertz CT molecular complexity index is 1030. The molecule has 150 valence electrons. The maximum Gasteiger partial charge on any atom is 0.145 e. The molecule has 1 saturated carbocycles. The first-order valence-electron chi connectivity index (χ1n) is 9.76. The first kappa shape index (κ1) is 20.1. The molecule has 4 nitrogen and oxygen atoms in total. The van der Waals surface area contributed by atoms with E-state index in [9.17, 15) is 5.11 Å². The lowest BCUT2D eigenvalue weighted by Crippen LogP contribution is -2.04. The zero-order chi connectivity index (χ0) is 20.5. The number of anilines is 1. The van der Waals surface area contributed by atoms with Crippen LogP contribution in [0.15, 0.2) is 42.5 Å². The Balaban J connectivity index is 0.000000171. The van der Waals surface area contributed by atoms with Gasteiger partial charge in [-0.15, -0.1) is 0 Å². The van der Waals surface area contributed by atoms with Crippen LogP contribution in [-0.2, 0) is 12.8 Å². The van der Waals surface area contributed by atoms with Crippen molar-refractivity contribution < 1.29 is 5.11 Å². The molecule has 2 aliphatic carbocycles. The van der Waals surface area contributed by atoms with Gasteiger partial charge in [-0.1, -0.05) is 47.5 Å². The van der Waals surface area contributed by atoms with Gasteiger partial charge < -0.3 is 10.8 Å². The van der Waals surface area contributed by atoms with Crippen molar-refractivity contribution in [3.8, 4) is 11.3 Å². The van der Waals surface area contributed by atoms with Gasteiger partial charge in [0.1, 0.15) is 5.82 Å². The number of hydrogen-bond donors (Lipinski definition) is 2. The molecule has 0 unspecified atom stereocenters. The van der Waals surface area contributed by atoms with E-state index in [0.29, 0.717) is 21.8 Å². The molecule has 2 aromatic carbocycles. The van der Waals surface area contributed by atoms with E-state index in [4.69, 9.17) is 28.9 Å². The SMILES string of the molecule is Cc1nc(-c2ccc(Cl)cc2Cl)c(C2CC2)nc1N.OC1Cc2ccccc2C1. The number of benzene rings is 2. The first-order chi connectivity index (χ1) is 13.9. The predicted molar refractivity (Wildman–Crippen MR) is 118 cm³/mol. The van der Waals surface area contributed by atoms with Crippen LogP contribution in [0.3, 0.4) is 0 Å². The second-order valence-electron chi connectivity index (χ2n) is 7.66. The number of rotatable bonds is 2. The maximum absolute atomic E-state index is 9.25. The minimum Gasteiger partial charge on any atom is -0.392 e. The number of aliphatic hydroxyl groups is 1. The molecule has 0 radical (unpaired) electrons. The van der Waals surface area contributed by atoms with Crippen LogP contribution in [0.1, 0.15) is 41.3 Å². The lowest BCUT2D eigenvalue weighted by Gasteiger charge is -2.11. The van der Waals surface area contributed by atoms with Gasteiger partial charge in [0.2, 0.25) is 0 Å². The van der Waals surface area contributed by atoms with E-state index >= 15 is 0 Å². The maximum atomic E-state index is 9.25. The van der Waals surface area contributed by atoms with E-state index in [1.807, 2.05) is 31.2 Å². The summed E-state index contributed by atoms with van der Waals surface area (Å²) < 4.78 is 0. The molecule has 1 heterocycles. The van der Waals surface area contributed by atoms with Crippen LogP contribution in [0.2, 0.25) is 10.0 Å². The topological polar surface area (TPSA) is 72.0 Å². The number of aryl methyl sites for hydroxylation is 1. The molecule has 5 rings (SSSR count). The Morgan fingerprint density at radius 1 is 1.00 bits per heavy atom. The largest absolute Gasteiger partial charge is 0.392 e. The molecule has 0 amide bonds. The summed E-state index contributed by atoms with van der Waals surface area (Å²) in [6.45, 7) is 1.85. The van der Waals surface area contributed by atoms with Crippen LogP contribution in [-0.4, -0.2) is 21.2 Å². The number of hydrogen-bond acceptors (Lipinski definition) is 4. The average Bonchev–Trinajstić information content (AvgIpc) is 3.45. The van der Waals surface area contributed by atoms with Crippen LogP contribution in [0.4, 0.5) is 5.82 Å². The summed E-state index contributed by atoms with van der Waals surface area (Å²) in [7, 11) is 0. The van der Waals surface area contributed by atoms with Crippen molar-refractivity contribution in [1.29, 1.82) is 0 Å². The van der Waals surface area contributed by atoms with Gasteiger partial charge in [0.05, 0.1) is 28.2 Å². The fourth-order valence-corrected chi connectivity index (χ4v) is 4.10. The van der Waals surface area contributed by atoms with E-state index in [2.05, 4.69) is 22.1 Å². The summed E-state index contributed by atoms with van der Waals surface area (Å²) >= 11 is 12.2. The third-order valence-corrected chi connectivity index (χ3v) is 5.86. The Labute approximate surface area is 180 Å². The molecule has 3 N–H and O–H groups in total. The van der Waals surface area contributed by atoms with Crippen LogP contribution in [0, 0.1) is 6.92 Å². The lowest BCUT2D eigenvalue weighted by atomic mass is 10.1. The molecular weight excluding hydrogens is 405 g/mol. The van der Waals surface area contributed by atoms with Gasteiger partial charge in [0.15, 0.2) is 0 Å². The fourth-order valence-electron chi connectivity index (χ4n) is 3.60. The lowest BCUT2D eigenvalue weighted by molar-refractivity contribution is 0.187. The summed E-state index contributed by atoms with van der Waals surface area (Å²) in [5, 5.41) is 10.5. The fraction of sp³-hybridized carbons (Fsp3) is 0.304. The van der Waals surface area contributed by atoms with Crippen molar-refractivity contribution in [2.75, 3.05) is 5.73 Å². The Morgan fingerprint density at radius 3 is 2.24 bits per heavy atom. The number of fused-ring (bicyclic) bond motifs is 1. The summed E-state index contributed by atoms with van der Waals surface area (Å²) in [4.78, 5) is 9.08. The van der Waals surface area contributed by atoms with Crippen molar-refractivity contribution in [2.45, 2.75) is 44.6 Å². The van der Waals surface area contributed by atoms with Gasteiger partial charge in [-0.2, -0.15) is 0 Å². The highest BCUT2D eigenvalue weighted by Gasteiger charge is 2.30. The van der Waals surface area contributed by atoms with E-state index in [1.165, 1.54) is 11.1 Å². The predicted octanol–water partition coefficient (Wildman–Crippen LogP) is 5.36. The van der Waals surface area contributed by atoms with Crippen LogP contribution in [0.5, 0.6) is 0 Å². The molecule has 0 bridgehead atoms. The molecule has 0 atom stereocenters. The van der Waals surface area contributed by atoms with E-state index < -0.39 is 0 Å². The van der Waals surface area contributed by atoms with Gasteiger partial charge in [0.25, 0.3) is 0 Å². The standard InChI is InChI=1S/C14H13Cl2N3.C9H10O/c1-7-14(17)19-12(8-2-3-8)13(18-7)10-5-4-9(15)6-11(10)16;10-9-5-7-3-1-2-4-8(7)6-9/h4-6,8H,2-3H2,1H3,(H2,17,19);1-4,9-10H,5-6H2. The Morgan fingerprint density at radius 2 is 1.66 bits per heavy atom. The zero-order valence-electron chi connectivity index (χ0n) is 16.2. The molecule has 1 fully saturated rings. The quantitative estimate of drug-likeness (QED) is 0.576. The zero-order valence-corrected chi connectivity index (χ0v) is 17.7. The third-order valence-electron chi connectivity index (χ3n) is 5.31. The monoisotopic (exact) mass is 427 g/mol. The molecule has 0 saturated heterocycles. The van der Waals surface area contributed by atoms with E-state index in [1.54, 1.807) is 6.07 Å². The van der Waals surface area contributed by atoms with E-state index in [0.717, 1.165) is 48.3 Å². The van der Waals surface area contributed by atoms with Crippen LogP contribution >= 0.6 is 23.2 Å². The second-order valence-corrected chi connectivity index (χ2v) is 8.50. The molecular formula is C23H23Cl2N3O. The Hall–Kier alpha value is -2.14. The number of aromatic nitrogens is 2. The van der Waals surface area contributed by atoms with Crippen LogP contribution < -0.4 is 5.73 Å². The number of nitrogens with two attached hydrogens (primary N) is 1. The van der Waals surface area contributed by atoms with Crippen molar-refractivity contribution >= 4 is 29.0 Å². The van der Waals surface area contributed by atoms with Gasteiger partial charge in [-0.05, 0) is 61.9 Å². The molecule has 29 heavy (non-hydrogen) atoms. The van der Waals surface area contributed by atoms with Gasteiger partial charge in [-0.25, -0.2) is 9.97 Å². The number of halogens is 2. The number of nitrogens with zero attached hydrogens (tertiary/aromatic N) is 2. The molecule has 3 aromatic rings. The normalized spacial score (nSPS) is 15.6. The smallest absolute Gasteiger partial charge is 0.145 e. The molecule has 6 heteroatoms. The minimum atomic E-state index is -0.127. The Kier molecular flexibility index (Phi) is 5.77. The second kappa shape index (κ2) is 8.31. The average molecular weight is 428 g/mol. The van der Waals surface area contributed by atoms with Crippen molar-refractivity contribution in [1.82, 2.24) is 9.97 Å². The highest BCUT2D eigenvalue weighted by Crippen LogP contribution is 2.44. The third kappa shape index (κ3) is 4.55. The minimum absolute atomic E-state index is 0.127. The van der Waals surface area contributed by atoms with Gasteiger partial charge in [-0.3, -0.25) is 0 Å². The van der Waals surface area contributed by atoms with Crippen molar-refractivity contribution in [2.24, 2.45) is 0 Å². The van der Waals surface area contributed by atoms with Crippen LogP contribution in [0.25, 0.3) is 11.3 Å². The molecule has 0 aliphatic heterocycles. The van der Waals surface area contributed by atoms with Crippen molar-refractivity contribution in [3.63, 3.8) is 0 Å². The highest BCUT2D eigenvalue weighted by atomic mass is 35.5. The molecule has 2 aliphatic rings. The number of nitrogen functional groups attached to an aromatic ring is 1. The molecule has 1 aromatic heterocycles.